The van der Waals surface area contributed by atoms with E-state index in [1.54, 1.807) is 6.07 Å². The van der Waals surface area contributed by atoms with Gasteiger partial charge in [-0.2, -0.15) is 0 Å². The number of hydrogen-bond donors (Lipinski definition) is 5. The number of benzene rings is 2. The van der Waals surface area contributed by atoms with Gasteiger partial charge in [0.25, 0.3) is 0 Å². The number of aliphatic hydroxyl groups is 1. The number of aromatic hydroxyl groups is 1. The SMILES string of the molecule is C=C[N+](=CNC)C1CCN(c2ccc(Nc3cc(C)c(O)cc3NCCO)cc2)C1. The van der Waals surface area contributed by atoms with Crippen molar-refractivity contribution < 1.29 is 14.8 Å². The van der Waals surface area contributed by atoms with Crippen LogP contribution < -0.4 is 20.9 Å². The van der Waals surface area contributed by atoms with Crippen LogP contribution in [0.25, 0.3) is 0 Å². The molecule has 0 amide bonds. The van der Waals surface area contributed by atoms with Gasteiger partial charge in [-0.15, -0.1) is 0 Å². The highest BCUT2D eigenvalue weighted by atomic mass is 16.3. The third-order valence-electron chi connectivity index (χ3n) is 5.35. The van der Waals surface area contributed by atoms with Crippen molar-refractivity contribution in [1.29, 1.82) is 0 Å². The van der Waals surface area contributed by atoms with Gasteiger partial charge in [-0.1, -0.05) is 6.58 Å². The van der Waals surface area contributed by atoms with Crippen molar-refractivity contribution in [3.8, 4) is 5.75 Å². The van der Waals surface area contributed by atoms with Crippen LogP contribution in [0.1, 0.15) is 12.0 Å². The molecule has 1 atom stereocenters. The Bertz CT molecular complexity index is 895. The minimum absolute atomic E-state index is 0.0228. The Hall–Kier alpha value is -3.19. The maximum atomic E-state index is 10.0. The van der Waals surface area contributed by atoms with Crippen molar-refractivity contribution >= 4 is 29.1 Å². The Balaban J connectivity index is 1.71. The molecule has 1 fully saturated rings. The summed E-state index contributed by atoms with van der Waals surface area (Å²) in [7, 11) is 1.90. The molecule has 0 bridgehead atoms. The lowest BCUT2D eigenvalue weighted by Gasteiger charge is -2.19. The fraction of sp³-hybridized carbons (Fsp3) is 0.348. The highest BCUT2D eigenvalue weighted by Crippen LogP contribution is 2.33. The zero-order valence-electron chi connectivity index (χ0n) is 17.7. The molecular formula is C23H32N5O2+. The summed E-state index contributed by atoms with van der Waals surface area (Å²) in [6.45, 7) is 8.16. The van der Waals surface area contributed by atoms with Gasteiger partial charge in [-0.05, 0) is 42.8 Å². The van der Waals surface area contributed by atoms with Crippen LogP contribution in [0.2, 0.25) is 0 Å². The monoisotopic (exact) mass is 410 g/mol. The van der Waals surface area contributed by atoms with Crippen LogP contribution in [0.5, 0.6) is 5.75 Å². The van der Waals surface area contributed by atoms with Crippen LogP contribution >= 0.6 is 0 Å². The lowest BCUT2D eigenvalue weighted by atomic mass is 10.1. The zero-order chi connectivity index (χ0) is 21.5. The molecule has 0 radical (unpaired) electrons. The third-order valence-corrected chi connectivity index (χ3v) is 5.35. The number of phenols is 1. The smallest absolute Gasteiger partial charge is 0.236 e. The summed E-state index contributed by atoms with van der Waals surface area (Å²) in [6, 6.07) is 12.4. The van der Waals surface area contributed by atoms with E-state index in [-0.39, 0.29) is 12.4 Å². The molecule has 0 aromatic heterocycles. The largest absolute Gasteiger partial charge is 0.508 e. The molecule has 0 aliphatic carbocycles. The quantitative estimate of drug-likeness (QED) is 0.189. The lowest BCUT2D eigenvalue weighted by molar-refractivity contribution is -0.491. The van der Waals surface area contributed by atoms with E-state index in [0.29, 0.717) is 12.6 Å². The number of anilines is 4. The van der Waals surface area contributed by atoms with Gasteiger partial charge in [0, 0.05) is 37.0 Å². The number of hydrogen-bond acceptors (Lipinski definition) is 5. The van der Waals surface area contributed by atoms with Gasteiger partial charge in [-0.25, -0.2) is 4.58 Å². The second-order valence-corrected chi connectivity index (χ2v) is 7.44. The molecule has 1 aliphatic rings. The van der Waals surface area contributed by atoms with Crippen LogP contribution in [0, 0.1) is 6.92 Å². The Morgan fingerprint density at radius 3 is 2.67 bits per heavy atom. The first kappa shape index (κ1) is 21.5. The van der Waals surface area contributed by atoms with Gasteiger partial charge in [0.2, 0.25) is 6.34 Å². The minimum atomic E-state index is 0.0228. The Morgan fingerprint density at radius 1 is 1.23 bits per heavy atom. The Kier molecular flexibility index (Phi) is 7.19. The lowest BCUT2D eigenvalue weighted by Crippen LogP contribution is -2.30. The maximum absolute atomic E-state index is 10.0. The standard InChI is InChI=1S/C23H31N5O2/c1-4-27(16-24-3)20-9-11-28(15-20)19-7-5-18(6-8-19)26-22-13-17(2)23(30)14-21(22)25-10-12-29/h4-8,13-14,16,20,25-26,29-30H,1,9-12,15H2,2-3H3/p+1. The highest BCUT2D eigenvalue weighted by Gasteiger charge is 2.27. The second-order valence-electron chi connectivity index (χ2n) is 7.44. The molecule has 2 aromatic carbocycles. The van der Waals surface area contributed by atoms with E-state index in [9.17, 15) is 5.11 Å². The van der Waals surface area contributed by atoms with Crippen LogP contribution in [0.15, 0.2) is 49.2 Å². The number of rotatable bonds is 9. The summed E-state index contributed by atoms with van der Waals surface area (Å²) in [5, 5.41) is 28.7. The van der Waals surface area contributed by atoms with Crippen molar-refractivity contribution in [1.82, 2.24) is 5.32 Å². The van der Waals surface area contributed by atoms with Gasteiger partial charge in [0.15, 0.2) is 0 Å². The summed E-state index contributed by atoms with van der Waals surface area (Å²) in [4.78, 5) is 2.38. The molecule has 30 heavy (non-hydrogen) atoms. The van der Waals surface area contributed by atoms with E-state index in [0.717, 1.165) is 42.1 Å². The second kappa shape index (κ2) is 10.0. The van der Waals surface area contributed by atoms with E-state index in [1.165, 1.54) is 5.69 Å². The molecular weight excluding hydrogens is 378 g/mol. The number of nitrogens with one attached hydrogen (secondary N) is 3. The molecule has 7 heteroatoms. The molecule has 3 rings (SSSR count). The van der Waals surface area contributed by atoms with E-state index in [1.807, 2.05) is 32.6 Å². The average Bonchev–Trinajstić information content (AvgIpc) is 3.24. The molecule has 1 aliphatic heterocycles. The summed E-state index contributed by atoms with van der Waals surface area (Å²) in [5.74, 6) is 0.226. The normalized spacial score (nSPS) is 16.4. The predicted molar refractivity (Wildman–Crippen MR) is 124 cm³/mol. The van der Waals surface area contributed by atoms with E-state index >= 15 is 0 Å². The van der Waals surface area contributed by atoms with Crippen molar-refractivity contribution in [2.75, 3.05) is 48.8 Å². The molecule has 2 aromatic rings. The molecule has 7 nitrogen and oxygen atoms in total. The van der Waals surface area contributed by atoms with Crippen molar-refractivity contribution in [3.63, 3.8) is 0 Å². The number of phenolic OH excluding ortho intramolecular Hbond substituents is 1. The fourth-order valence-corrected chi connectivity index (χ4v) is 3.72. The van der Waals surface area contributed by atoms with E-state index in [4.69, 9.17) is 5.11 Å². The highest BCUT2D eigenvalue weighted by molar-refractivity contribution is 5.77. The van der Waals surface area contributed by atoms with Gasteiger partial charge in [0.1, 0.15) is 11.8 Å². The van der Waals surface area contributed by atoms with Gasteiger partial charge in [-0.3, -0.25) is 5.32 Å². The molecule has 160 valence electrons. The Labute approximate surface area is 178 Å². The molecule has 1 saturated heterocycles. The van der Waals surface area contributed by atoms with Crippen LogP contribution in [0.3, 0.4) is 0 Å². The maximum Gasteiger partial charge on any atom is 0.236 e. The molecule has 5 N–H and O–H groups in total. The van der Waals surface area contributed by atoms with Crippen LogP contribution in [-0.2, 0) is 0 Å². The van der Waals surface area contributed by atoms with Crippen LogP contribution in [-0.4, -0.2) is 60.5 Å². The first-order valence-corrected chi connectivity index (χ1v) is 10.3. The van der Waals surface area contributed by atoms with Crippen molar-refractivity contribution in [2.24, 2.45) is 0 Å². The van der Waals surface area contributed by atoms with E-state index in [2.05, 4.69) is 56.3 Å². The Morgan fingerprint density at radius 2 is 2.00 bits per heavy atom. The van der Waals surface area contributed by atoms with E-state index < -0.39 is 0 Å². The molecule has 0 saturated carbocycles. The minimum Gasteiger partial charge on any atom is -0.508 e. The van der Waals surface area contributed by atoms with Crippen LogP contribution in [0.4, 0.5) is 22.7 Å². The summed E-state index contributed by atoms with van der Waals surface area (Å²) in [5.41, 5.74) is 4.55. The predicted octanol–water partition coefficient (Wildman–Crippen LogP) is 2.83. The zero-order valence-corrected chi connectivity index (χ0v) is 17.7. The summed E-state index contributed by atoms with van der Waals surface area (Å²) < 4.78 is 2.13. The first-order chi connectivity index (χ1) is 14.5. The summed E-state index contributed by atoms with van der Waals surface area (Å²) >= 11 is 0. The van der Waals surface area contributed by atoms with Gasteiger partial charge >= 0.3 is 0 Å². The first-order valence-electron chi connectivity index (χ1n) is 10.3. The van der Waals surface area contributed by atoms with Gasteiger partial charge < -0.3 is 25.7 Å². The van der Waals surface area contributed by atoms with Gasteiger partial charge in [0.05, 0.1) is 37.8 Å². The molecule has 1 unspecified atom stereocenters. The summed E-state index contributed by atoms with van der Waals surface area (Å²) in [6.07, 6.45) is 4.90. The number of aliphatic hydroxyl groups excluding tert-OH is 1. The average molecular weight is 411 g/mol. The number of nitrogens with zero attached hydrogens (tertiary/aromatic N) is 2. The third kappa shape index (κ3) is 5.04. The van der Waals surface area contributed by atoms with Crippen molar-refractivity contribution in [3.05, 3.63) is 54.7 Å². The fourth-order valence-electron chi connectivity index (χ4n) is 3.72. The van der Waals surface area contributed by atoms with Crippen molar-refractivity contribution in [2.45, 2.75) is 19.4 Å². The molecule has 1 heterocycles. The molecule has 0 spiro atoms. The number of aryl methyl sites for hydroxylation is 1. The topological polar surface area (TPSA) is 82.8 Å².